The Morgan fingerprint density at radius 3 is 3.00 bits per heavy atom. The molecule has 0 bridgehead atoms. The van der Waals surface area contributed by atoms with Crippen molar-refractivity contribution in [3.8, 4) is 11.5 Å². The number of aryl methyl sites for hydroxylation is 1. The van der Waals surface area contributed by atoms with Gasteiger partial charge in [0.15, 0.2) is 11.5 Å². The van der Waals surface area contributed by atoms with Crippen molar-refractivity contribution in [2.75, 3.05) is 13.7 Å². The molecule has 35 heavy (non-hydrogen) atoms. The molecule has 0 aliphatic heterocycles. The molecule has 3 aromatic rings. The SMILES string of the molecule is CCCCOc1ccc(/C=N\NC(=O)[C@@H](C)n2cnc3sc4c(c3c2=O)CC[C@H](C)C4)cc1OC. The Balaban J connectivity index is 1.46. The van der Waals surface area contributed by atoms with Crippen molar-refractivity contribution in [3.63, 3.8) is 0 Å². The molecular formula is C26H32N4O4S. The minimum atomic E-state index is -0.751. The van der Waals surface area contributed by atoms with Crippen molar-refractivity contribution in [1.82, 2.24) is 15.0 Å². The third kappa shape index (κ3) is 5.40. The lowest BCUT2D eigenvalue weighted by molar-refractivity contribution is -0.123. The van der Waals surface area contributed by atoms with Crippen LogP contribution in [0.3, 0.4) is 0 Å². The minimum absolute atomic E-state index is 0.169. The van der Waals surface area contributed by atoms with Crippen molar-refractivity contribution in [2.24, 2.45) is 11.0 Å². The smallest absolute Gasteiger partial charge is 0.263 e. The van der Waals surface area contributed by atoms with Gasteiger partial charge < -0.3 is 9.47 Å². The van der Waals surface area contributed by atoms with Gasteiger partial charge in [-0.05, 0) is 67.9 Å². The van der Waals surface area contributed by atoms with Gasteiger partial charge in [0.1, 0.15) is 10.9 Å². The number of hydrogen-bond donors (Lipinski definition) is 1. The summed E-state index contributed by atoms with van der Waals surface area (Å²) in [7, 11) is 1.58. The number of ether oxygens (including phenoxy) is 2. The predicted molar refractivity (Wildman–Crippen MR) is 139 cm³/mol. The lowest BCUT2D eigenvalue weighted by Gasteiger charge is -2.18. The van der Waals surface area contributed by atoms with Crippen molar-refractivity contribution in [1.29, 1.82) is 0 Å². The van der Waals surface area contributed by atoms with Gasteiger partial charge in [-0.1, -0.05) is 20.3 Å². The summed E-state index contributed by atoms with van der Waals surface area (Å²) in [5.74, 6) is 1.49. The van der Waals surface area contributed by atoms with E-state index in [1.807, 2.05) is 12.1 Å². The molecule has 8 nitrogen and oxygen atoms in total. The first-order chi connectivity index (χ1) is 16.9. The van der Waals surface area contributed by atoms with Gasteiger partial charge in [0.25, 0.3) is 11.5 Å². The van der Waals surface area contributed by atoms with E-state index in [1.165, 1.54) is 22.0 Å². The zero-order chi connectivity index (χ0) is 24.9. The molecule has 1 aromatic carbocycles. The van der Waals surface area contributed by atoms with Gasteiger partial charge in [-0.3, -0.25) is 14.2 Å². The summed E-state index contributed by atoms with van der Waals surface area (Å²) in [6, 6.07) is 4.71. The van der Waals surface area contributed by atoms with Crippen LogP contribution in [0.2, 0.25) is 0 Å². The van der Waals surface area contributed by atoms with Crippen LogP contribution in [-0.2, 0) is 17.6 Å². The molecule has 0 saturated carbocycles. The van der Waals surface area contributed by atoms with Gasteiger partial charge >= 0.3 is 0 Å². The highest BCUT2D eigenvalue weighted by atomic mass is 32.1. The third-order valence-electron chi connectivity index (χ3n) is 6.37. The number of hydrogen-bond acceptors (Lipinski definition) is 7. The number of hydrazone groups is 1. The topological polar surface area (TPSA) is 94.8 Å². The van der Waals surface area contributed by atoms with E-state index in [0.29, 0.717) is 29.4 Å². The summed E-state index contributed by atoms with van der Waals surface area (Å²) in [5, 5.41) is 4.74. The zero-order valence-electron chi connectivity index (χ0n) is 20.7. The van der Waals surface area contributed by atoms with Crippen LogP contribution < -0.4 is 20.5 Å². The van der Waals surface area contributed by atoms with E-state index in [4.69, 9.17) is 9.47 Å². The lowest BCUT2D eigenvalue weighted by atomic mass is 9.89. The molecule has 2 heterocycles. The maximum atomic E-state index is 13.3. The number of aromatic nitrogens is 2. The van der Waals surface area contributed by atoms with E-state index in [2.05, 4.69) is 29.4 Å². The van der Waals surface area contributed by atoms with E-state index in [0.717, 1.165) is 48.1 Å². The summed E-state index contributed by atoms with van der Waals surface area (Å²) >= 11 is 1.60. The molecule has 9 heteroatoms. The van der Waals surface area contributed by atoms with Gasteiger partial charge in [-0.15, -0.1) is 11.3 Å². The van der Waals surface area contributed by atoms with E-state index < -0.39 is 11.9 Å². The molecule has 4 rings (SSSR count). The highest BCUT2D eigenvalue weighted by Crippen LogP contribution is 2.35. The first-order valence-electron chi connectivity index (χ1n) is 12.1. The van der Waals surface area contributed by atoms with Crippen molar-refractivity contribution in [3.05, 3.63) is 50.9 Å². The predicted octanol–water partition coefficient (Wildman–Crippen LogP) is 4.48. The van der Waals surface area contributed by atoms with E-state index in [1.54, 1.807) is 31.4 Å². The number of nitrogens with zero attached hydrogens (tertiary/aromatic N) is 3. The number of methoxy groups -OCH3 is 1. The lowest BCUT2D eigenvalue weighted by Crippen LogP contribution is -2.34. The zero-order valence-corrected chi connectivity index (χ0v) is 21.5. The number of carbonyl (C=O) groups is 1. The molecule has 1 aliphatic rings. The summed E-state index contributed by atoms with van der Waals surface area (Å²) < 4.78 is 12.5. The molecule has 1 aliphatic carbocycles. The minimum Gasteiger partial charge on any atom is -0.493 e. The van der Waals surface area contributed by atoms with Crippen LogP contribution in [0.25, 0.3) is 10.2 Å². The molecule has 0 spiro atoms. The number of thiophene rings is 1. The second-order valence-corrected chi connectivity index (χ2v) is 10.1. The Hall–Kier alpha value is -3.20. The summed E-state index contributed by atoms with van der Waals surface area (Å²) in [6.45, 7) is 6.64. The number of unbranched alkanes of at least 4 members (excludes halogenated alkanes) is 1. The number of benzene rings is 1. The van der Waals surface area contributed by atoms with E-state index in [9.17, 15) is 9.59 Å². The average Bonchev–Trinajstić information content (AvgIpc) is 3.22. The van der Waals surface area contributed by atoms with Crippen LogP contribution in [0.15, 0.2) is 34.4 Å². The quantitative estimate of drug-likeness (QED) is 0.268. The van der Waals surface area contributed by atoms with E-state index in [-0.39, 0.29) is 5.56 Å². The molecule has 186 valence electrons. The number of amides is 1. The molecule has 0 unspecified atom stereocenters. The first kappa shape index (κ1) is 24.9. The first-order valence-corrected chi connectivity index (χ1v) is 12.9. The Morgan fingerprint density at radius 1 is 1.40 bits per heavy atom. The number of nitrogens with one attached hydrogen (secondary N) is 1. The Kier molecular flexibility index (Phi) is 7.85. The van der Waals surface area contributed by atoms with Crippen LogP contribution >= 0.6 is 11.3 Å². The van der Waals surface area contributed by atoms with E-state index >= 15 is 0 Å². The second kappa shape index (κ2) is 11.0. The molecule has 0 fully saturated rings. The van der Waals surface area contributed by atoms with Crippen molar-refractivity contribution >= 4 is 33.7 Å². The van der Waals surface area contributed by atoms with Gasteiger partial charge in [0.2, 0.25) is 0 Å². The average molecular weight is 497 g/mol. The molecule has 2 atom stereocenters. The third-order valence-corrected chi connectivity index (χ3v) is 7.53. The molecule has 0 radical (unpaired) electrons. The van der Waals surface area contributed by atoms with Gasteiger partial charge in [-0.25, -0.2) is 10.4 Å². The Bertz CT molecular complexity index is 1300. The monoisotopic (exact) mass is 496 g/mol. The maximum absolute atomic E-state index is 13.3. The Morgan fingerprint density at radius 2 is 2.23 bits per heavy atom. The van der Waals surface area contributed by atoms with Crippen LogP contribution in [0.1, 0.15) is 62.1 Å². The van der Waals surface area contributed by atoms with Crippen LogP contribution in [-0.4, -0.2) is 35.4 Å². The van der Waals surface area contributed by atoms with Crippen LogP contribution in [0.5, 0.6) is 11.5 Å². The number of fused-ring (bicyclic) bond motifs is 3. The molecule has 1 N–H and O–H groups in total. The fraction of sp³-hybridized carbons (Fsp3) is 0.462. The standard InChI is InChI=1S/C26H32N4O4S/c1-5-6-11-34-20-10-8-18(13-21(20)33-4)14-28-29-24(31)17(3)30-15-27-25-23(26(30)32)19-9-7-16(2)12-22(19)35-25/h8,10,13-17H,5-7,9,11-12H2,1-4H3,(H,29,31)/b28-14-/t16-,17+/m0/s1. The van der Waals surface area contributed by atoms with Crippen LogP contribution in [0.4, 0.5) is 0 Å². The molecule has 0 saturated heterocycles. The summed E-state index contributed by atoms with van der Waals surface area (Å²) in [5.41, 5.74) is 4.22. The number of rotatable bonds is 9. The Labute approximate surface area is 209 Å². The fourth-order valence-electron chi connectivity index (χ4n) is 4.22. The largest absolute Gasteiger partial charge is 0.493 e. The van der Waals surface area contributed by atoms with Gasteiger partial charge in [-0.2, -0.15) is 5.10 Å². The molecule has 1 amide bonds. The highest BCUT2D eigenvalue weighted by Gasteiger charge is 2.25. The molecule has 2 aromatic heterocycles. The van der Waals surface area contributed by atoms with Gasteiger partial charge in [0.05, 0.1) is 31.6 Å². The van der Waals surface area contributed by atoms with Gasteiger partial charge in [0, 0.05) is 4.88 Å². The second-order valence-electron chi connectivity index (χ2n) is 9.01. The maximum Gasteiger partial charge on any atom is 0.263 e. The fourth-order valence-corrected chi connectivity index (χ4v) is 5.56. The van der Waals surface area contributed by atoms with Crippen LogP contribution in [0, 0.1) is 5.92 Å². The van der Waals surface area contributed by atoms with Crippen molar-refractivity contribution in [2.45, 2.75) is 58.9 Å². The van der Waals surface area contributed by atoms with Crippen molar-refractivity contribution < 1.29 is 14.3 Å². The normalized spacial score (nSPS) is 16.3. The molecular weight excluding hydrogens is 464 g/mol. The highest BCUT2D eigenvalue weighted by molar-refractivity contribution is 7.18. The summed E-state index contributed by atoms with van der Waals surface area (Å²) in [4.78, 5) is 32.5. The number of carbonyl (C=O) groups excluding carboxylic acids is 1. The summed E-state index contributed by atoms with van der Waals surface area (Å²) in [6.07, 6.45) is 7.95.